The zero-order chi connectivity index (χ0) is 22.8. The number of hydrogen-bond donors (Lipinski definition) is 1. The number of amides is 1. The molecule has 8 nitrogen and oxygen atoms in total. The molecule has 0 fully saturated rings. The van der Waals surface area contributed by atoms with Crippen LogP contribution in [0.15, 0.2) is 53.4 Å². The van der Waals surface area contributed by atoms with Gasteiger partial charge in [-0.1, -0.05) is 12.1 Å². The van der Waals surface area contributed by atoms with E-state index in [2.05, 4.69) is 10.4 Å². The summed E-state index contributed by atoms with van der Waals surface area (Å²) in [5.74, 6) is 0.128. The standard InChI is InChI=1S/C22H26N4O4S/c1-15-7-6-8-18(13-15)23-21(27)14-26(19-9-11-20(30-5)12-10-19)31(28,29)22-16(2)24-25(4)17(22)3/h6-13H,14H2,1-5H3,(H,23,27). The van der Waals surface area contributed by atoms with Crippen LogP contribution in [0.4, 0.5) is 11.4 Å². The van der Waals surface area contributed by atoms with Crippen molar-refractivity contribution in [3.8, 4) is 5.75 Å². The number of benzene rings is 2. The Bertz CT molecular complexity index is 1200. The Kier molecular flexibility index (Phi) is 6.35. The summed E-state index contributed by atoms with van der Waals surface area (Å²) < 4.78 is 35.1. The number of hydrogen-bond acceptors (Lipinski definition) is 5. The van der Waals surface area contributed by atoms with Crippen LogP contribution in [-0.4, -0.2) is 37.8 Å². The number of nitrogens with zero attached hydrogens (tertiary/aromatic N) is 3. The van der Waals surface area contributed by atoms with Crippen LogP contribution in [-0.2, 0) is 21.9 Å². The predicted octanol–water partition coefficient (Wildman–Crippen LogP) is 3.19. The molecule has 1 amide bonds. The van der Waals surface area contributed by atoms with E-state index in [1.165, 1.54) is 11.8 Å². The van der Waals surface area contributed by atoms with Crippen molar-refractivity contribution in [3.05, 3.63) is 65.5 Å². The summed E-state index contributed by atoms with van der Waals surface area (Å²) in [6.07, 6.45) is 0. The maximum atomic E-state index is 13.6. The molecule has 0 aliphatic rings. The molecule has 164 valence electrons. The molecular weight excluding hydrogens is 416 g/mol. The number of sulfonamides is 1. The van der Waals surface area contributed by atoms with Gasteiger partial charge in [-0.25, -0.2) is 8.42 Å². The fourth-order valence-electron chi connectivity index (χ4n) is 3.35. The van der Waals surface area contributed by atoms with Crippen molar-refractivity contribution < 1.29 is 17.9 Å². The first kappa shape index (κ1) is 22.4. The van der Waals surface area contributed by atoms with E-state index in [4.69, 9.17) is 4.74 Å². The van der Waals surface area contributed by atoms with Gasteiger partial charge < -0.3 is 10.1 Å². The summed E-state index contributed by atoms with van der Waals surface area (Å²) in [7, 11) is -0.848. The number of anilines is 2. The van der Waals surface area contributed by atoms with Gasteiger partial charge in [-0.2, -0.15) is 5.10 Å². The van der Waals surface area contributed by atoms with E-state index in [1.807, 2.05) is 25.1 Å². The third kappa shape index (κ3) is 4.72. The highest BCUT2D eigenvalue weighted by atomic mass is 32.2. The highest BCUT2D eigenvalue weighted by molar-refractivity contribution is 7.93. The molecule has 0 saturated heterocycles. The van der Waals surface area contributed by atoms with E-state index in [1.54, 1.807) is 51.2 Å². The average Bonchev–Trinajstić information content (AvgIpc) is 2.98. The Hall–Kier alpha value is -3.33. The molecule has 1 aromatic heterocycles. The van der Waals surface area contributed by atoms with Crippen LogP contribution < -0.4 is 14.4 Å². The normalized spacial score (nSPS) is 11.3. The molecule has 0 atom stereocenters. The number of ether oxygens (including phenoxy) is 1. The lowest BCUT2D eigenvalue weighted by Crippen LogP contribution is -2.38. The van der Waals surface area contributed by atoms with Gasteiger partial charge in [0.05, 0.1) is 24.2 Å². The van der Waals surface area contributed by atoms with Crippen molar-refractivity contribution in [1.82, 2.24) is 9.78 Å². The quantitative estimate of drug-likeness (QED) is 0.607. The largest absolute Gasteiger partial charge is 0.497 e. The third-order valence-corrected chi connectivity index (χ3v) is 6.97. The van der Waals surface area contributed by atoms with Crippen LogP contribution in [0, 0.1) is 20.8 Å². The Morgan fingerprint density at radius 1 is 1.13 bits per heavy atom. The molecule has 0 unspecified atom stereocenters. The van der Waals surface area contributed by atoms with Gasteiger partial charge in [0.1, 0.15) is 17.2 Å². The molecule has 3 aromatic rings. The van der Waals surface area contributed by atoms with Gasteiger partial charge in [-0.3, -0.25) is 13.8 Å². The fraction of sp³-hybridized carbons (Fsp3) is 0.273. The first-order chi connectivity index (χ1) is 14.6. The highest BCUT2D eigenvalue weighted by Gasteiger charge is 2.32. The number of carbonyl (C=O) groups excluding carboxylic acids is 1. The third-order valence-electron chi connectivity index (χ3n) is 4.94. The molecule has 1 heterocycles. The minimum atomic E-state index is -4.06. The molecular formula is C22H26N4O4S. The molecule has 0 aliphatic heterocycles. The highest BCUT2D eigenvalue weighted by Crippen LogP contribution is 2.29. The van der Waals surface area contributed by atoms with Crippen molar-refractivity contribution in [3.63, 3.8) is 0 Å². The van der Waals surface area contributed by atoms with Crippen molar-refractivity contribution in [2.45, 2.75) is 25.7 Å². The smallest absolute Gasteiger partial charge is 0.268 e. The summed E-state index contributed by atoms with van der Waals surface area (Å²) in [6.45, 7) is 4.85. The summed E-state index contributed by atoms with van der Waals surface area (Å²) in [5, 5.41) is 7.00. The summed E-state index contributed by atoms with van der Waals surface area (Å²) >= 11 is 0. The summed E-state index contributed by atoms with van der Waals surface area (Å²) in [6, 6.07) is 13.8. The predicted molar refractivity (Wildman–Crippen MR) is 120 cm³/mol. The van der Waals surface area contributed by atoms with Gasteiger partial charge in [0.2, 0.25) is 5.91 Å². The van der Waals surface area contributed by atoms with Crippen molar-refractivity contribution in [1.29, 1.82) is 0 Å². The molecule has 0 aliphatic carbocycles. The van der Waals surface area contributed by atoms with E-state index in [0.29, 0.717) is 28.5 Å². The van der Waals surface area contributed by atoms with Crippen LogP contribution in [0.5, 0.6) is 5.75 Å². The van der Waals surface area contributed by atoms with Crippen molar-refractivity contribution in [2.75, 3.05) is 23.3 Å². The van der Waals surface area contributed by atoms with E-state index in [9.17, 15) is 13.2 Å². The van der Waals surface area contributed by atoms with Crippen LogP contribution in [0.3, 0.4) is 0 Å². The minimum Gasteiger partial charge on any atom is -0.497 e. The number of methoxy groups -OCH3 is 1. The lowest BCUT2D eigenvalue weighted by atomic mass is 10.2. The average molecular weight is 443 g/mol. The number of aromatic nitrogens is 2. The number of nitrogens with one attached hydrogen (secondary N) is 1. The van der Waals surface area contributed by atoms with Gasteiger partial charge in [-0.15, -0.1) is 0 Å². The molecule has 2 aromatic carbocycles. The monoisotopic (exact) mass is 442 g/mol. The molecule has 1 N–H and O–H groups in total. The summed E-state index contributed by atoms with van der Waals surface area (Å²) in [4.78, 5) is 12.9. The van der Waals surface area contributed by atoms with Gasteiger partial charge >= 0.3 is 0 Å². The van der Waals surface area contributed by atoms with Crippen molar-refractivity contribution in [2.24, 2.45) is 7.05 Å². The van der Waals surface area contributed by atoms with Crippen molar-refractivity contribution >= 4 is 27.3 Å². The second kappa shape index (κ2) is 8.81. The van der Waals surface area contributed by atoms with Crippen LogP contribution in [0.25, 0.3) is 0 Å². The molecule has 3 rings (SSSR count). The first-order valence-electron chi connectivity index (χ1n) is 9.67. The second-order valence-corrected chi connectivity index (χ2v) is 9.05. The number of rotatable bonds is 7. The Morgan fingerprint density at radius 3 is 2.35 bits per heavy atom. The van der Waals surface area contributed by atoms with E-state index < -0.39 is 22.5 Å². The number of aryl methyl sites for hydroxylation is 3. The van der Waals surface area contributed by atoms with Crippen LogP contribution >= 0.6 is 0 Å². The topological polar surface area (TPSA) is 93.5 Å². The maximum Gasteiger partial charge on any atom is 0.268 e. The number of carbonyl (C=O) groups is 1. The van der Waals surface area contributed by atoms with Crippen LogP contribution in [0.1, 0.15) is 17.0 Å². The van der Waals surface area contributed by atoms with Crippen LogP contribution in [0.2, 0.25) is 0 Å². The Morgan fingerprint density at radius 2 is 1.81 bits per heavy atom. The lowest BCUT2D eigenvalue weighted by molar-refractivity contribution is -0.114. The molecule has 9 heteroatoms. The van der Waals surface area contributed by atoms with E-state index >= 15 is 0 Å². The van der Waals surface area contributed by atoms with Gasteiger partial charge in [0, 0.05) is 12.7 Å². The second-order valence-electron chi connectivity index (χ2n) is 7.25. The molecule has 31 heavy (non-hydrogen) atoms. The summed E-state index contributed by atoms with van der Waals surface area (Å²) in [5.41, 5.74) is 2.81. The molecule has 0 saturated carbocycles. The molecule has 0 bridgehead atoms. The molecule has 0 spiro atoms. The lowest BCUT2D eigenvalue weighted by Gasteiger charge is -2.24. The van der Waals surface area contributed by atoms with E-state index in [0.717, 1.165) is 9.87 Å². The van der Waals surface area contributed by atoms with Gasteiger partial charge in [0.15, 0.2) is 0 Å². The Balaban J connectivity index is 2.01. The maximum absolute atomic E-state index is 13.6. The van der Waals surface area contributed by atoms with E-state index in [-0.39, 0.29) is 4.90 Å². The Labute approximate surface area is 182 Å². The molecule has 0 radical (unpaired) electrons. The SMILES string of the molecule is COc1ccc(N(CC(=O)Nc2cccc(C)c2)S(=O)(=O)c2c(C)nn(C)c2C)cc1. The fourth-order valence-corrected chi connectivity index (χ4v) is 5.18. The van der Waals surface area contributed by atoms with Gasteiger partial charge in [-0.05, 0) is 62.7 Å². The van der Waals surface area contributed by atoms with Gasteiger partial charge in [0.25, 0.3) is 10.0 Å². The zero-order valence-electron chi connectivity index (χ0n) is 18.2. The minimum absolute atomic E-state index is 0.0918. The zero-order valence-corrected chi connectivity index (χ0v) is 19.0. The first-order valence-corrected chi connectivity index (χ1v) is 11.1.